The maximum atomic E-state index is 13.4. The van der Waals surface area contributed by atoms with Crippen LogP contribution < -0.4 is 5.43 Å². The summed E-state index contributed by atoms with van der Waals surface area (Å²) in [4.78, 5) is 18.2. The van der Waals surface area contributed by atoms with Crippen molar-refractivity contribution in [3.63, 3.8) is 0 Å². The zero-order chi connectivity index (χ0) is 23.8. The van der Waals surface area contributed by atoms with E-state index in [1.807, 2.05) is 6.07 Å². The highest BCUT2D eigenvalue weighted by molar-refractivity contribution is 6.32. The van der Waals surface area contributed by atoms with Gasteiger partial charge in [-0.3, -0.25) is 9.69 Å². The van der Waals surface area contributed by atoms with Gasteiger partial charge in [-0.25, -0.2) is 0 Å². The Morgan fingerprint density at radius 3 is 2.47 bits per heavy atom. The second-order valence-corrected chi connectivity index (χ2v) is 10.2. The fourth-order valence-electron chi connectivity index (χ4n) is 5.31. The summed E-state index contributed by atoms with van der Waals surface area (Å²) in [6, 6.07) is 8.62. The molecule has 2 aliphatic rings. The molecule has 0 unspecified atom stereocenters. The van der Waals surface area contributed by atoms with Gasteiger partial charge >= 0.3 is 0 Å². The number of hydrogen-bond donors (Lipinski definition) is 2. The number of benzene rings is 2. The van der Waals surface area contributed by atoms with Gasteiger partial charge in [0.25, 0.3) is 0 Å². The van der Waals surface area contributed by atoms with Crippen LogP contribution in [0, 0.1) is 0 Å². The number of rotatable bonds is 4. The molecule has 2 aromatic carbocycles. The number of hydrogen-bond acceptors (Lipinski definition) is 6. The largest absolute Gasteiger partial charge is 0.506 e. The number of fused-ring (bicyclic) bond motifs is 1. The molecule has 0 bridgehead atoms. The standard InChI is InChI=1S/C27H31ClN2O4/c1-29-11-7-18(8-12-29)20-13-17(16-30-9-3-2-4-10-30)14-21-24(32)25(33)26(34-27(20)21)19-5-6-23(31)22(28)15-19/h5-6,13-15,18,31,33H,2-4,7-12,16H2,1H3. The molecule has 2 fully saturated rings. The van der Waals surface area contributed by atoms with Gasteiger partial charge in [0, 0.05) is 12.1 Å². The molecule has 0 amide bonds. The van der Waals surface area contributed by atoms with E-state index in [4.69, 9.17) is 16.0 Å². The molecule has 180 valence electrons. The molecule has 5 rings (SSSR count). The molecule has 2 N–H and O–H groups in total. The molecule has 2 aliphatic heterocycles. The predicted molar refractivity (Wildman–Crippen MR) is 135 cm³/mol. The highest BCUT2D eigenvalue weighted by Gasteiger charge is 2.26. The third kappa shape index (κ3) is 4.54. The van der Waals surface area contributed by atoms with E-state index in [1.54, 1.807) is 6.07 Å². The SMILES string of the molecule is CN1CCC(c2cc(CN3CCCCC3)cc3c(=O)c(O)c(-c4ccc(O)c(Cl)c4)oc23)CC1. The van der Waals surface area contributed by atoms with Crippen molar-refractivity contribution < 1.29 is 14.6 Å². The van der Waals surface area contributed by atoms with Crippen molar-refractivity contribution >= 4 is 22.6 Å². The fourth-order valence-corrected chi connectivity index (χ4v) is 5.49. The molecule has 6 nitrogen and oxygen atoms in total. The van der Waals surface area contributed by atoms with Gasteiger partial charge in [0.2, 0.25) is 11.2 Å². The van der Waals surface area contributed by atoms with Crippen LogP contribution in [0.25, 0.3) is 22.3 Å². The molecule has 0 spiro atoms. The maximum absolute atomic E-state index is 13.4. The molecule has 3 aromatic rings. The Morgan fingerprint density at radius 2 is 1.76 bits per heavy atom. The van der Waals surface area contributed by atoms with E-state index in [0.29, 0.717) is 16.5 Å². The number of nitrogens with zero attached hydrogens (tertiary/aromatic N) is 2. The van der Waals surface area contributed by atoms with Gasteiger partial charge < -0.3 is 19.5 Å². The quantitative estimate of drug-likeness (QED) is 0.524. The van der Waals surface area contributed by atoms with Gasteiger partial charge in [0.05, 0.1) is 10.4 Å². The minimum absolute atomic E-state index is 0.0672. The molecule has 2 saturated heterocycles. The third-order valence-electron chi connectivity index (χ3n) is 7.28. The number of halogens is 1. The van der Waals surface area contributed by atoms with Crippen LogP contribution in [0.4, 0.5) is 0 Å². The Labute approximate surface area is 204 Å². The van der Waals surface area contributed by atoms with E-state index in [2.05, 4.69) is 22.9 Å². The smallest absolute Gasteiger partial charge is 0.235 e. The normalized spacial score (nSPS) is 18.5. The Hall–Kier alpha value is -2.54. The highest BCUT2D eigenvalue weighted by atomic mass is 35.5. The first-order chi connectivity index (χ1) is 16.4. The van der Waals surface area contributed by atoms with Crippen LogP contribution in [0.15, 0.2) is 39.5 Å². The van der Waals surface area contributed by atoms with Crippen molar-refractivity contribution in [1.82, 2.24) is 9.80 Å². The molecule has 7 heteroatoms. The van der Waals surface area contributed by atoms with Gasteiger partial charge in [-0.15, -0.1) is 0 Å². The number of aromatic hydroxyl groups is 2. The van der Waals surface area contributed by atoms with E-state index < -0.39 is 11.2 Å². The summed E-state index contributed by atoms with van der Waals surface area (Å²) in [7, 11) is 2.13. The second kappa shape index (κ2) is 9.61. The monoisotopic (exact) mass is 482 g/mol. The van der Waals surface area contributed by atoms with E-state index in [1.165, 1.54) is 31.4 Å². The van der Waals surface area contributed by atoms with E-state index in [0.717, 1.165) is 56.7 Å². The molecular weight excluding hydrogens is 452 g/mol. The van der Waals surface area contributed by atoms with Crippen LogP contribution >= 0.6 is 11.6 Å². The lowest BCUT2D eigenvalue weighted by Gasteiger charge is -2.30. The zero-order valence-corrected chi connectivity index (χ0v) is 20.3. The first kappa shape index (κ1) is 23.2. The average Bonchev–Trinajstić information content (AvgIpc) is 2.84. The average molecular weight is 483 g/mol. The van der Waals surface area contributed by atoms with E-state index in [9.17, 15) is 15.0 Å². The third-order valence-corrected chi connectivity index (χ3v) is 7.58. The van der Waals surface area contributed by atoms with Crippen molar-refractivity contribution in [2.75, 3.05) is 33.2 Å². The molecule has 34 heavy (non-hydrogen) atoms. The van der Waals surface area contributed by atoms with Crippen molar-refractivity contribution in [1.29, 1.82) is 0 Å². The van der Waals surface area contributed by atoms with Crippen LogP contribution in [-0.2, 0) is 6.54 Å². The van der Waals surface area contributed by atoms with E-state index >= 15 is 0 Å². The highest BCUT2D eigenvalue weighted by Crippen LogP contribution is 2.39. The Morgan fingerprint density at radius 1 is 1.03 bits per heavy atom. The summed E-state index contributed by atoms with van der Waals surface area (Å²) >= 11 is 6.09. The van der Waals surface area contributed by atoms with Gasteiger partial charge in [-0.2, -0.15) is 0 Å². The number of likely N-dealkylation sites (tertiary alicyclic amines) is 2. The number of phenolic OH excluding ortho intramolecular Hbond substituents is 1. The molecule has 0 radical (unpaired) electrons. The molecule has 3 heterocycles. The lowest BCUT2D eigenvalue weighted by Crippen LogP contribution is -2.30. The minimum Gasteiger partial charge on any atom is -0.506 e. The van der Waals surface area contributed by atoms with Gasteiger partial charge in [-0.05, 0) is 100 Å². The zero-order valence-electron chi connectivity index (χ0n) is 19.5. The summed E-state index contributed by atoms with van der Waals surface area (Å²) in [6.45, 7) is 4.92. The maximum Gasteiger partial charge on any atom is 0.235 e. The van der Waals surface area contributed by atoms with Crippen LogP contribution in [0.5, 0.6) is 11.5 Å². The molecule has 0 atom stereocenters. The second-order valence-electron chi connectivity index (χ2n) is 9.75. The lowest BCUT2D eigenvalue weighted by molar-refractivity contribution is 0.220. The van der Waals surface area contributed by atoms with Crippen molar-refractivity contribution in [3.05, 3.63) is 56.7 Å². The summed E-state index contributed by atoms with van der Waals surface area (Å²) in [5.41, 5.74) is 2.69. The van der Waals surface area contributed by atoms with Crippen LogP contribution in [0.2, 0.25) is 5.02 Å². The van der Waals surface area contributed by atoms with Crippen molar-refractivity contribution in [2.24, 2.45) is 0 Å². The molecule has 0 saturated carbocycles. The van der Waals surface area contributed by atoms with Gasteiger partial charge in [-0.1, -0.05) is 24.1 Å². The summed E-state index contributed by atoms with van der Waals surface area (Å²) in [6.07, 6.45) is 5.66. The Bertz CT molecular complexity index is 1260. The van der Waals surface area contributed by atoms with E-state index in [-0.39, 0.29) is 22.5 Å². The lowest BCUT2D eigenvalue weighted by atomic mass is 9.87. The van der Waals surface area contributed by atoms with Crippen LogP contribution in [0.1, 0.15) is 49.1 Å². The molecular formula is C27H31ClN2O4. The summed E-state index contributed by atoms with van der Waals surface area (Å²) < 4.78 is 6.29. The fraction of sp³-hybridized carbons (Fsp3) is 0.444. The summed E-state index contributed by atoms with van der Waals surface area (Å²) in [5.74, 6) is -0.137. The molecule has 0 aliphatic carbocycles. The first-order valence-corrected chi connectivity index (χ1v) is 12.5. The van der Waals surface area contributed by atoms with Crippen LogP contribution in [0.3, 0.4) is 0 Å². The number of phenols is 1. The van der Waals surface area contributed by atoms with Crippen molar-refractivity contribution in [2.45, 2.75) is 44.6 Å². The molecule has 1 aromatic heterocycles. The minimum atomic E-state index is -0.435. The topological polar surface area (TPSA) is 77.2 Å². The van der Waals surface area contributed by atoms with Crippen molar-refractivity contribution in [3.8, 4) is 22.8 Å². The summed E-state index contributed by atoms with van der Waals surface area (Å²) in [5, 5.41) is 21.2. The van der Waals surface area contributed by atoms with Crippen LogP contribution in [-0.4, -0.2) is 53.2 Å². The van der Waals surface area contributed by atoms with Gasteiger partial charge in [0.15, 0.2) is 5.76 Å². The first-order valence-electron chi connectivity index (χ1n) is 12.1. The Kier molecular flexibility index (Phi) is 6.56. The number of piperidine rings is 2. The Balaban J connectivity index is 1.66. The predicted octanol–water partition coefficient (Wildman–Crippen LogP) is 5.32. The van der Waals surface area contributed by atoms with Gasteiger partial charge in [0.1, 0.15) is 11.3 Å².